The normalized spacial score (nSPS) is 12.5. The average molecular weight is 258 g/mol. The molecule has 100 valence electrons. The molecular formula is C17H19FO. The second kappa shape index (κ2) is 5.14. The van der Waals surface area contributed by atoms with E-state index in [1.54, 1.807) is 26.0 Å². The Bertz CT molecular complexity index is 573. The first-order valence-corrected chi connectivity index (χ1v) is 6.42. The molecule has 0 saturated heterocycles. The molecule has 0 bridgehead atoms. The lowest BCUT2D eigenvalue weighted by molar-refractivity contribution is 0.218. The Balaban J connectivity index is 2.53. The van der Waals surface area contributed by atoms with E-state index in [2.05, 4.69) is 0 Å². The van der Waals surface area contributed by atoms with Crippen molar-refractivity contribution in [1.82, 2.24) is 0 Å². The van der Waals surface area contributed by atoms with E-state index in [4.69, 9.17) is 0 Å². The molecule has 1 N–H and O–H groups in total. The third-order valence-electron chi connectivity index (χ3n) is 3.59. The van der Waals surface area contributed by atoms with Crippen LogP contribution in [0.5, 0.6) is 0 Å². The second-order valence-electron chi connectivity index (χ2n) is 5.18. The molecule has 1 atom stereocenters. The Labute approximate surface area is 113 Å². The number of halogens is 1. The van der Waals surface area contributed by atoms with E-state index in [1.165, 1.54) is 0 Å². The lowest BCUT2D eigenvalue weighted by Crippen LogP contribution is -2.06. The van der Waals surface area contributed by atoms with Crippen molar-refractivity contribution in [1.29, 1.82) is 0 Å². The van der Waals surface area contributed by atoms with Gasteiger partial charge in [-0.3, -0.25) is 0 Å². The van der Waals surface area contributed by atoms with Gasteiger partial charge in [0.1, 0.15) is 11.9 Å². The number of aryl methyl sites for hydroxylation is 4. The summed E-state index contributed by atoms with van der Waals surface area (Å²) in [4.78, 5) is 0. The molecule has 2 aromatic rings. The summed E-state index contributed by atoms with van der Waals surface area (Å²) in [6.45, 7) is 7.41. The van der Waals surface area contributed by atoms with Gasteiger partial charge in [-0.05, 0) is 61.1 Å². The molecule has 0 aliphatic heterocycles. The molecule has 1 unspecified atom stereocenters. The molecule has 0 radical (unpaired) electrons. The van der Waals surface area contributed by atoms with E-state index in [0.29, 0.717) is 11.1 Å². The van der Waals surface area contributed by atoms with Gasteiger partial charge in [-0.15, -0.1) is 0 Å². The molecule has 2 aromatic carbocycles. The van der Waals surface area contributed by atoms with E-state index in [-0.39, 0.29) is 5.82 Å². The van der Waals surface area contributed by atoms with Gasteiger partial charge in [0, 0.05) is 0 Å². The van der Waals surface area contributed by atoms with Crippen LogP contribution in [0.2, 0.25) is 0 Å². The lowest BCUT2D eigenvalue weighted by atomic mass is 9.92. The molecule has 2 rings (SSSR count). The molecule has 0 spiro atoms. The number of rotatable bonds is 2. The molecule has 0 aliphatic carbocycles. The second-order valence-corrected chi connectivity index (χ2v) is 5.18. The minimum absolute atomic E-state index is 0.197. The van der Waals surface area contributed by atoms with Gasteiger partial charge in [-0.25, -0.2) is 4.39 Å². The summed E-state index contributed by atoms with van der Waals surface area (Å²) in [6, 6.07) is 9.38. The Morgan fingerprint density at radius 1 is 0.895 bits per heavy atom. The fourth-order valence-electron chi connectivity index (χ4n) is 2.56. The summed E-state index contributed by atoms with van der Waals surface area (Å²) in [6.07, 6.45) is -0.709. The van der Waals surface area contributed by atoms with Gasteiger partial charge in [-0.1, -0.05) is 30.3 Å². The first kappa shape index (κ1) is 13.8. The van der Waals surface area contributed by atoms with Crippen LogP contribution in [0, 0.1) is 33.5 Å². The monoisotopic (exact) mass is 258 g/mol. The Morgan fingerprint density at radius 3 is 1.84 bits per heavy atom. The highest BCUT2D eigenvalue weighted by Crippen LogP contribution is 2.29. The summed E-state index contributed by atoms with van der Waals surface area (Å²) in [7, 11) is 0. The number of hydrogen-bond acceptors (Lipinski definition) is 1. The van der Waals surface area contributed by atoms with Crippen molar-refractivity contribution >= 4 is 0 Å². The molecule has 0 aromatic heterocycles. The zero-order valence-electron chi connectivity index (χ0n) is 11.8. The van der Waals surface area contributed by atoms with Gasteiger partial charge >= 0.3 is 0 Å². The van der Waals surface area contributed by atoms with E-state index < -0.39 is 6.10 Å². The highest BCUT2D eigenvalue weighted by atomic mass is 19.1. The van der Waals surface area contributed by atoms with Crippen LogP contribution in [-0.4, -0.2) is 5.11 Å². The molecule has 0 heterocycles. The van der Waals surface area contributed by atoms with Crippen LogP contribution < -0.4 is 0 Å². The molecule has 0 amide bonds. The fourth-order valence-corrected chi connectivity index (χ4v) is 2.56. The Hall–Kier alpha value is -1.67. The van der Waals surface area contributed by atoms with Crippen LogP contribution in [0.3, 0.4) is 0 Å². The number of aliphatic hydroxyl groups is 1. The topological polar surface area (TPSA) is 20.2 Å². The summed E-state index contributed by atoms with van der Waals surface area (Å²) >= 11 is 0. The van der Waals surface area contributed by atoms with Crippen LogP contribution >= 0.6 is 0 Å². The summed E-state index contributed by atoms with van der Waals surface area (Å²) < 4.78 is 13.7. The standard InChI is InChI=1S/C17H19FO/c1-10-6-5-7-11(2)15(10)17(19)14-8-12(3)16(18)13(4)9-14/h5-9,17,19H,1-4H3. The van der Waals surface area contributed by atoms with Crippen LogP contribution in [0.15, 0.2) is 30.3 Å². The minimum atomic E-state index is -0.709. The predicted octanol–water partition coefficient (Wildman–Crippen LogP) is 4.14. The summed E-state index contributed by atoms with van der Waals surface area (Å²) in [5.74, 6) is -0.197. The lowest BCUT2D eigenvalue weighted by Gasteiger charge is -2.18. The third kappa shape index (κ3) is 2.54. The Kier molecular flexibility index (Phi) is 3.72. The maximum atomic E-state index is 13.7. The first-order chi connectivity index (χ1) is 8.91. The summed E-state index contributed by atoms with van der Waals surface area (Å²) in [5, 5.41) is 10.6. The van der Waals surface area contributed by atoms with Gasteiger partial charge in [0.15, 0.2) is 0 Å². The van der Waals surface area contributed by atoms with Crippen molar-refractivity contribution in [3.63, 3.8) is 0 Å². The quantitative estimate of drug-likeness (QED) is 0.858. The Morgan fingerprint density at radius 2 is 1.37 bits per heavy atom. The van der Waals surface area contributed by atoms with E-state index in [0.717, 1.165) is 22.3 Å². The molecule has 19 heavy (non-hydrogen) atoms. The zero-order chi connectivity index (χ0) is 14.2. The van der Waals surface area contributed by atoms with Gasteiger partial charge in [0.2, 0.25) is 0 Å². The molecule has 0 saturated carbocycles. The van der Waals surface area contributed by atoms with Crippen molar-refractivity contribution in [2.75, 3.05) is 0 Å². The van der Waals surface area contributed by atoms with Crippen LogP contribution in [0.4, 0.5) is 4.39 Å². The predicted molar refractivity (Wildman–Crippen MR) is 75.9 cm³/mol. The number of hydrogen-bond donors (Lipinski definition) is 1. The maximum Gasteiger partial charge on any atom is 0.129 e. The third-order valence-corrected chi connectivity index (χ3v) is 3.59. The van der Waals surface area contributed by atoms with E-state index in [1.807, 2.05) is 32.0 Å². The minimum Gasteiger partial charge on any atom is -0.384 e. The highest BCUT2D eigenvalue weighted by Gasteiger charge is 2.17. The van der Waals surface area contributed by atoms with Gasteiger partial charge in [0.25, 0.3) is 0 Å². The van der Waals surface area contributed by atoms with Crippen molar-refractivity contribution in [2.24, 2.45) is 0 Å². The number of benzene rings is 2. The smallest absolute Gasteiger partial charge is 0.129 e. The van der Waals surface area contributed by atoms with Crippen LogP contribution in [-0.2, 0) is 0 Å². The van der Waals surface area contributed by atoms with Crippen molar-refractivity contribution in [3.05, 3.63) is 69.5 Å². The van der Waals surface area contributed by atoms with Crippen LogP contribution in [0.1, 0.15) is 39.5 Å². The van der Waals surface area contributed by atoms with E-state index in [9.17, 15) is 9.50 Å². The maximum absolute atomic E-state index is 13.7. The molecule has 0 aliphatic rings. The SMILES string of the molecule is Cc1cc(C(O)c2c(C)cccc2C)cc(C)c1F. The van der Waals surface area contributed by atoms with Crippen molar-refractivity contribution in [2.45, 2.75) is 33.8 Å². The van der Waals surface area contributed by atoms with Gasteiger partial charge in [-0.2, -0.15) is 0 Å². The largest absolute Gasteiger partial charge is 0.384 e. The fraction of sp³-hybridized carbons (Fsp3) is 0.294. The molecule has 1 nitrogen and oxygen atoms in total. The van der Waals surface area contributed by atoms with Crippen molar-refractivity contribution in [3.8, 4) is 0 Å². The molecule has 2 heteroatoms. The van der Waals surface area contributed by atoms with Gasteiger partial charge < -0.3 is 5.11 Å². The van der Waals surface area contributed by atoms with Crippen LogP contribution in [0.25, 0.3) is 0 Å². The zero-order valence-corrected chi connectivity index (χ0v) is 11.8. The van der Waals surface area contributed by atoms with Crippen molar-refractivity contribution < 1.29 is 9.50 Å². The molecule has 0 fully saturated rings. The highest BCUT2D eigenvalue weighted by molar-refractivity contribution is 5.42. The van der Waals surface area contributed by atoms with E-state index >= 15 is 0 Å². The average Bonchev–Trinajstić information content (AvgIpc) is 2.35. The molecular weight excluding hydrogens is 239 g/mol. The van der Waals surface area contributed by atoms with Gasteiger partial charge in [0.05, 0.1) is 0 Å². The summed E-state index contributed by atoms with van der Waals surface area (Å²) in [5.41, 5.74) is 4.89. The number of aliphatic hydroxyl groups excluding tert-OH is 1. The first-order valence-electron chi connectivity index (χ1n) is 6.42.